The molecule has 1 heterocycles. The maximum atomic E-state index is 13.0. The molecule has 1 saturated heterocycles. The predicted octanol–water partition coefficient (Wildman–Crippen LogP) is 1.42. The molecule has 2 N–H and O–H groups in total. The van der Waals surface area contributed by atoms with Gasteiger partial charge in [-0.3, -0.25) is 4.79 Å². The molecule has 23 heavy (non-hydrogen) atoms. The standard InChI is InChI=1S/C18H19FN2O2/c19-15-6-8-16(9-7-15)20-18(22)17(14-4-2-1-3-5-14)21-10-12-23-13-11-21/h1-9,17H,10-13H2,(H,20,22)/p+1/t17-/m0/s1. The van der Waals surface area contributed by atoms with Crippen molar-refractivity contribution in [2.24, 2.45) is 0 Å². The zero-order valence-electron chi connectivity index (χ0n) is 12.8. The molecule has 0 spiro atoms. The van der Waals surface area contributed by atoms with Gasteiger partial charge in [-0.1, -0.05) is 30.3 Å². The third kappa shape index (κ3) is 3.94. The van der Waals surface area contributed by atoms with Gasteiger partial charge in [-0.15, -0.1) is 0 Å². The van der Waals surface area contributed by atoms with Crippen LogP contribution in [0.4, 0.5) is 10.1 Å². The fourth-order valence-electron chi connectivity index (χ4n) is 2.89. The number of amides is 1. The lowest BCUT2D eigenvalue weighted by atomic mass is 10.0. The van der Waals surface area contributed by atoms with E-state index in [1.807, 2.05) is 30.3 Å². The summed E-state index contributed by atoms with van der Waals surface area (Å²) in [5, 5.41) is 2.90. The van der Waals surface area contributed by atoms with E-state index in [0.29, 0.717) is 18.9 Å². The quantitative estimate of drug-likeness (QED) is 0.896. The second-order valence-electron chi connectivity index (χ2n) is 5.61. The molecule has 3 rings (SSSR count). The van der Waals surface area contributed by atoms with E-state index in [1.165, 1.54) is 17.0 Å². The van der Waals surface area contributed by atoms with Gasteiger partial charge in [0.05, 0.1) is 13.2 Å². The molecule has 0 saturated carbocycles. The molecule has 0 bridgehead atoms. The van der Waals surface area contributed by atoms with E-state index in [-0.39, 0.29) is 17.8 Å². The summed E-state index contributed by atoms with van der Waals surface area (Å²) in [6.07, 6.45) is 0. The van der Waals surface area contributed by atoms with Crippen molar-refractivity contribution in [3.8, 4) is 0 Å². The summed E-state index contributed by atoms with van der Waals surface area (Å²) in [5.74, 6) is -0.402. The average molecular weight is 315 g/mol. The van der Waals surface area contributed by atoms with Crippen LogP contribution in [0.25, 0.3) is 0 Å². The number of hydrogen-bond donors (Lipinski definition) is 2. The lowest BCUT2D eigenvalue weighted by molar-refractivity contribution is -0.929. The molecule has 0 aromatic heterocycles. The zero-order valence-corrected chi connectivity index (χ0v) is 12.8. The fourth-order valence-corrected chi connectivity index (χ4v) is 2.89. The lowest BCUT2D eigenvalue weighted by Crippen LogP contribution is -3.15. The number of nitrogens with one attached hydrogen (secondary N) is 2. The number of morpholine rings is 1. The minimum atomic E-state index is -0.318. The first kappa shape index (κ1) is 15.6. The molecule has 2 aromatic carbocycles. The number of quaternary nitrogens is 1. The first-order valence-electron chi connectivity index (χ1n) is 7.78. The predicted molar refractivity (Wildman–Crippen MR) is 85.7 cm³/mol. The first-order valence-corrected chi connectivity index (χ1v) is 7.78. The molecule has 1 amide bonds. The average Bonchev–Trinajstić information content (AvgIpc) is 2.59. The highest BCUT2D eigenvalue weighted by atomic mass is 19.1. The van der Waals surface area contributed by atoms with Crippen LogP contribution in [0, 0.1) is 5.82 Å². The Morgan fingerprint density at radius 1 is 1.04 bits per heavy atom. The van der Waals surface area contributed by atoms with Gasteiger partial charge in [-0.25, -0.2) is 4.39 Å². The molecule has 1 atom stereocenters. The molecule has 120 valence electrons. The van der Waals surface area contributed by atoms with Gasteiger partial charge in [0, 0.05) is 11.3 Å². The fraction of sp³-hybridized carbons (Fsp3) is 0.278. The van der Waals surface area contributed by atoms with Crippen molar-refractivity contribution in [2.75, 3.05) is 31.6 Å². The van der Waals surface area contributed by atoms with E-state index in [1.54, 1.807) is 12.1 Å². The minimum Gasteiger partial charge on any atom is -0.370 e. The SMILES string of the molecule is O=C(Nc1ccc(F)cc1)[C@H](c1ccccc1)[NH+]1CCOCC1. The molecular weight excluding hydrogens is 295 g/mol. The van der Waals surface area contributed by atoms with Gasteiger partial charge in [0.1, 0.15) is 18.9 Å². The Hall–Kier alpha value is -2.24. The van der Waals surface area contributed by atoms with Gasteiger partial charge < -0.3 is 15.0 Å². The summed E-state index contributed by atoms with van der Waals surface area (Å²) in [7, 11) is 0. The monoisotopic (exact) mass is 315 g/mol. The van der Waals surface area contributed by atoms with Gasteiger partial charge in [0.25, 0.3) is 5.91 Å². The largest absolute Gasteiger partial charge is 0.370 e. The molecular formula is C18H20FN2O2+. The Morgan fingerprint density at radius 3 is 2.35 bits per heavy atom. The second-order valence-corrected chi connectivity index (χ2v) is 5.61. The molecule has 0 unspecified atom stereocenters. The van der Waals surface area contributed by atoms with Crippen molar-refractivity contribution in [3.63, 3.8) is 0 Å². The minimum absolute atomic E-state index is 0.0836. The lowest BCUT2D eigenvalue weighted by Gasteiger charge is -2.30. The first-order chi connectivity index (χ1) is 11.2. The summed E-state index contributed by atoms with van der Waals surface area (Å²) >= 11 is 0. The Bertz CT molecular complexity index is 640. The van der Waals surface area contributed by atoms with Gasteiger partial charge in [-0.05, 0) is 24.3 Å². The number of rotatable bonds is 4. The summed E-state index contributed by atoms with van der Waals surface area (Å²) < 4.78 is 18.4. The number of carbonyl (C=O) groups is 1. The number of ether oxygens (including phenoxy) is 1. The van der Waals surface area contributed by atoms with Gasteiger partial charge in [-0.2, -0.15) is 0 Å². The summed E-state index contributed by atoms with van der Waals surface area (Å²) in [4.78, 5) is 14.0. The van der Waals surface area contributed by atoms with Crippen LogP contribution < -0.4 is 10.2 Å². The zero-order chi connectivity index (χ0) is 16.1. The van der Waals surface area contributed by atoms with Crippen LogP contribution in [-0.4, -0.2) is 32.2 Å². The second kappa shape index (κ2) is 7.35. The molecule has 1 aliphatic heterocycles. The third-order valence-electron chi connectivity index (χ3n) is 4.05. The highest BCUT2D eigenvalue weighted by Crippen LogP contribution is 2.14. The van der Waals surface area contributed by atoms with Crippen LogP contribution >= 0.6 is 0 Å². The van der Waals surface area contributed by atoms with Crippen LogP contribution in [0.2, 0.25) is 0 Å². The van der Waals surface area contributed by atoms with Crippen molar-refractivity contribution in [3.05, 3.63) is 66.0 Å². The van der Waals surface area contributed by atoms with Crippen LogP contribution in [0.3, 0.4) is 0 Å². The van der Waals surface area contributed by atoms with Crippen LogP contribution in [0.15, 0.2) is 54.6 Å². The van der Waals surface area contributed by atoms with Crippen LogP contribution in [0.5, 0.6) is 0 Å². The maximum absolute atomic E-state index is 13.0. The smallest absolute Gasteiger partial charge is 0.287 e. The Kier molecular flexibility index (Phi) is 5.00. The number of anilines is 1. The molecule has 5 heteroatoms. The number of hydrogen-bond acceptors (Lipinski definition) is 2. The molecule has 1 aliphatic rings. The van der Waals surface area contributed by atoms with Crippen molar-refractivity contribution in [2.45, 2.75) is 6.04 Å². The summed E-state index contributed by atoms with van der Waals surface area (Å²) in [6.45, 7) is 2.89. The van der Waals surface area contributed by atoms with E-state index in [4.69, 9.17) is 4.74 Å². The van der Waals surface area contributed by atoms with E-state index < -0.39 is 0 Å². The number of benzene rings is 2. The van der Waals surface area contributed by atoms with E-state index in [9.17, 15) is 9.18 Å². The summed E-state index contributed by atoms with van der Waals surface area (Å²) in [6, 6.07) is 15.3. The molecule has 0 radical (unpaired) electrons. The number of halogens is 1. The van der Waals surface area contributed by atoms with E-state index in [0.717, 1.165) is 18.7 Å². The van der Waals surface area contributed by atoms with Crippen LogP contribution in [-0.2, 0) is 9.53 Å². The third-order valence-corrected chi connectivity index (χ3v) is 4.05. The highest BCUT2D eigenvalue weighted by molar-refractivity contribution is 5.94. The molecule has 4 nitrogen and oxygen atoms in total. The molecule has 2 aromatic rings. The van der Waals surface area contributed by atoms with Crippen molar-refractivity contribution >= 4 is 11.6 Å². The molecule has 1 fully saturated rings. The summed E-state index contributed by atoms with van der Waals surface area (Å²) in [5.41, 5.74) is 1.58. The van der Waals surface area contributed by atoms with Gasteiger partial charge in [0.15, 0.2) is 6.04 Å². The van der Waals surface area contributed by atoms with Gasteiger partial charge >= 0.3 is 0 Å². The topological polar surface area (TPSA) is 42.8 Å². The van der Waals surface area contributed by atoms with Crippen molar-refractivity contribution < 1.29 is 18.8 Å². The Labute approximate surface area is 134 Å². The Morgan fingerprint density at radius 2 is 1.70 bits per heavy atom. The van der Waals surface area contributed by atoms with Crippen molar-refractivity contribution in [1.29, 1.82) is 0 Å². The van der Waals surface area contributed by atoms with Gasteiger partial charge in [0.2, 0.25) is 0 Å². The van der Waals surface area contributed by atoms with Crippen molar-refractivity contribution in [1.82, 2.24) is 0 Å². The highest BCUT2D eigenvalue weighted by Gasteiger charge is 2.32. The Balaban J connectivity index is 1.82. The molecule has 0 aliphatic carbocycles. The normalized spacial score (nSPS) is 16.7. The van der Waals surface area contributed by atoms with E-state index >= 15 is 0 Å². The maximum Gasteiger partial charge on any atom is 0.287 e. The van der Waals surface area contributed by atoms with Crippen LogP contribution in [0.1, 0.15) is 11.6 Å². The number of carbonyl (C=O) groups excluding carboxylic acids is 1. The van der Waals surface area contributed by atoms with E-state index in [2.05, 4.69) is 5.32 Å².